The number of benzene rings is 1. The lowest BCUT2D eigenvalue weighted by molar-refractivity contribution is -0.182. The van der Waals surface area contributed by atoms with Crippen molar-refractivity contribution < 1.29 is 13.2 Å². The summed E-state index contributed by atoms with van der Waals surface area (Å²) in [5.74, 6) is -0.487. The van der Waals surface area contributed by atoms with Crippen LogP contribution < -0.4 is 15.5 Å². The third-order valence-corrected chi connectivity index (χ3v) is 5.39. The van der Waals surface area contributed by atoms with Crippen molar-refractivity contribution in [3.63, 3.8) is 0 Å². The Kier molecular flexibility index (Phi) is 9.10. The molecule has 1 aliphatic carbocycles. The Morgan fingerprint density at radius 1 is 1.14 bits per heavy atom. The van der Waals surface area contributed by atoms with Gasteiger partial charge < -0.3 is 15.5 Å². The number of hydrogen-bond acceptors (Lipinski definition) is 2. The number of anilines is 1. The fourth-order valence-electron chi connectivity index (χ4n) is 3.79. The molecule has 2 aliphatic rings. The van der Waals surface area contributed by atoms with Gasteiger partial charge in [-0.3, -0.25) is 0 Å². The molecule has 1 aliphatic heterocycles. The summed E-state index contributed by atoms with van der Waals surface area (Å²) >= 11 is 0. The molecule has 162 valence electrons. The molecule has 0 amide bonds. The molecule has 1 aromatic rings. The summed E-state index contributed by atoms with van der Waals surface area (Å²) in [5, 5.41) is 6.53. The molecular weight excluding hydrogens is 492 g/mol. The van der Waals surface area contributed by atoms with E-state index in [4.69, 9.17) is 0 Å². The van der Waals surface area contributed by atoms with Gasteiger partial charge in [0, 0.05) is 31.4 Å². The van der Waals surface area contributed by atoms with Crippen molar-refractivity contribution >= 4 is 35.6 Å². The zero-order valence-electron chi connectivity index (χ0n) is 16.7. The minimum absolute atomic E-state index is 0. The first-order chi connectivity index (χ1) is 13.5. The molecule has 0 unspecified atom stereocenters. The van der Waals surface area contributed by atoms with Gasteiger partial charge >= 0.3 is 6.18 Å². The standard InChI is InChI=1S/C21H29F3N4.HI/c1-2-25-20(27-18-10-8-17(9-11-18)21(22,23)24)26-15-16-6-5-7-19(14-16)28-12-3-4-13-28;/h3-7,14,17-18H,2,8-13,15H2,1H3,(H2,25,26,27);1H. The Morgan fingerprint density at radius 3 is 2.45 bits per heavy atom. The van der Waals surface area contributed by atoms with Gasteiger partial charge in [0.15, 0.2) is 5.96 Å². The van der Waals surface area contributed by atoms with Crippen LogP contribution in [0.1, 0.15) is 38.2 Å². The number of aliphatic imine (C=N–C) groups is 1. The molecule has 8 heteroatoms. The normalized spacial score (nSPS) is 22.3. The maximum atomic E-state index is 12.8. The van der Waals surface area contributed by atoms with Crippen LogP contribution in [0, 0.1) is 5.92 Å². The average Bonchev–Trinajstić information content (AvgIpc) is 3.21. The molecule has 0 saturated heterocycles. The van der Waals surface area contributed by atoms with Crippen LogP contribution in [-0.4, -0.2) is 37.8 Å². The van der Waals surface area contributed by atoms with Crippen LogP contribution in [0.25, 0.3) is 0 Å². The molecule has 1 aromatic carbocycles. The fourth-order valence-corrected chi connectivity index (χ4v) is 3.79. The topological polar surface area (TPSA) is 39.7 Å². The molecule has 29 heavy (non-hydrogen) atoms. The predicted molar refractivity (Wildman–Crippen MR) is 123 cm³/mol. The van der Waals surface area contributed by atoms with Gasteiger partial charge in [0.1, 0.15) is 0 Å². The Hall–Kier alpha value is -1.45. The first-order valence-electron chi connectivity index (χ1n) is 10.1. The lowest BCUT2D eigenvalue weighted by atomic mass is 9.85. The van der Waals surface area contributed by atoms with Crippen molar-refractivity contribution in [2.75, 3.05) is 24.5 Å². The van der Waals surface area contributed by atoms with E-state index < -0.39 is 12.1 Å². The maximum absolute atomic E-state index is 12.8. The molecule has 0 aromatic heterocycles. The van der Waals surface area contributed by atoms with E-state index in [2.05, 4.69) is 50.9 Å². The minimum atomic E-state index is -4.07. The molecule has 0 atom stereocenters. The Morgan fingerprint density at radius 2 is 1.83 bits per heavy atom. The van der Waals surface area contributed by atoms with Gasteiger partial charge in [0.25, 0.3) is 0 Å². The van der Waals surface area contributed by atoms with E-state index in [1.54, 1.807) is 0 Å². The van der Waals surface area contributed by atoms with E-state index >= 15 is 0 Å². The van der Waals surface area contributed by atoms with Crippen molar-refractivity contribution in [1.82, 2.24) is 10.6 Å². The van der Waals surface area contributed by atoms with Crippen molar-refractivity contribution in [1.29, 1.82) is 0 Å². The summed E-state index contributed by atoms with van der Waals surface area (Å²) in [6, 6.07) is 8.38. The van der Waals surface area contributed by atoms with E-state index in [1.807, 2.05) is 13.0 Å². The molecule has 2 N–H and O–H groups in total. The molecule has 0 bridgehead atoms. The average molecular weight is 522 g/mol. The second kappa shape index (κ2) is 11.1. The van der Waals surface area contributed by atoms with E-state index in [-0.39, 0.29) is 42.9 Å². The summed E-state index contributed by atoms with van der Waals surface area (Å²) < 4.78 is 38.5. The Bertz CT molecular complexity index is 689. The minimum Gasteiger partial charge on any atom is -0.364 e. The molecule has 0 radical (unpaired) electrons. The number of nitrogens with one attached hydrogen (secondary N) is 2. The van der Waals surface area contributed by atoms with E-state index in [0.29, 0.717) is 31.9 Å². The predicted octanol–water partition coefficient (Wildman–Crippen LogP) is 4.86. The molecule has 1 fully saturated rings. The second-order valence-electron chi connectivity index (χ2n) is 7.48. The fraction of sp³-hybridized carbons (Fsp3) is 0.571. The van der Waals surface area contributed by atoms with Gasteiger partial charge in [-0.05, 0) is 50.3 Å². The largest absolute Gasteiger partial charge is 0.391 e. The molecule has 1 saturated carbocycles. The highest BCUT2D eigenvalue weighted by Gasteiger charge is 2.41. The number of guanidine groups is 1. The molecule has 4 nitrogen and oxygen atoms in total. The van der Waals surface area contributed by atoms with Gasteiger partial charge in [-0.15, -0.1) is 24.0 Å². The van der Waals surface area contributed by atoms with Crippen LogP contribution >= 0.6 is 24.0 Å². The number of alkyl halides is 3. The highest BCUT2D eigenvalue weighted by atomic mass is 127. The smallest absolute Gasteiger partial charge is 0.364 e. The first-order valence-corrected chi connectivity index (χ1v) is 10.1. The maximum Gasteiger partial charge on any atom is 0.391 e. The SMILES string of the molecule is CCNC(=NCc1cccc(N2CC=CC2)c1)NC1CCC(C(F)(F)F)CC1.I. The summed E-state index contributed by atoms with van der Waals surface area (Å²) in [5.41, 5.74) is 2.29. The van der Waals surface area contributed by atoms with Crippen LogP contribution in [0.5, 0.6) is 0 Å². The number of hydrogen-bond donors (Lipinski definition) is 2. The van der Waals surface area contributed by atoms with Crippen LogP contribution in [0.4, 0.5) is 18.9 Å². The van der Waals surface area contributed by atoms with Crippen molar-refractivity contribution in [3.05, 3.63) is 42.0 Å². The highest BCUT2D eigenvalue weighted by Crippen LogP contribution is 2.37. The van der Waals surface area contributed by atoms with E-state index in [1.165, 1.54) is 5.69 Å². The zero-order chi connectivity index (χ0) is 20.0. The first kappa shape index (κ1) is 23.8. The zero-order valence-corrected chi connectivity index (χ0v) is 19.0. The monoisotopic (exact) mass is 522 g/mol. The quantitative estimate of drug-likeness (QED) is 0.251. The number of nitrogens with zero attached hydrogens (tertiary/aromatic N) is 2. The van der Waals surface area contributed by atoms with Gasteiger partial charge in [0.05, 0.1) is 12.5 Å². The molecular formula is C21H30F3IN4. The lowest BCUT2D eigenvalue weighted by Crippen LogP contribution is -2.45. The van der Waals surface area contributed by atoms with Crippen LogP contribution in [0.3, 0.4) is 0 Å². The van der Waals surface area contributed by atoms with Gasteiger partial charge in [-0.2, -0.15) is 13.2 Å². The van der Waals surface area contributed by atoms with Gasteiger partial charge in [0.2, 0.25) is 0 Å². The third kappa shape index (κ3) is 7.08. The summed E-state index contributed by atoms with van der Waals surface area (Å²) in [6.45, 7) is 5.08. The Labute approximate surface area is 188 Å². The van der Waals surface area contributed by atoms with Crippen molar-refractivity contribution in [2.24, 2.45) is 10.9 Å². The summed E-state index contributed by atoms with van der Waals surface area (Å²) in [7, 11) is 0. The highest BCUT2D eigenvalue weighted by molar-refractivity contribution is 14.0. The summed E-state index contributed by atoms with van der Waals surface area (Å²) in [6.07, 6.45) is 1.66. The molecule has 3 rings (SSSR count). The van der Waals surface area contributed by atoms with E-state index in [0.717, 1.165) is 18.7 Å². The van der Waals surface area contributed by atoms with Crippen LogP contribution in [0.15, 0.2) is 41.4 Å². The lowest BCUT2D eigenvalue weighted by Gasteiger charge is -2.31. The van der Waals surface area contributed by atoms with E-state index in [9.17, 15) is 13.2 Å². The van der Waals surface area contributed by atoms with Gasteiger partial charge in [-0.25, -0.2) is 4.99 Å². The Balaban J connectivity index is 0.00000300. The van der Waals surface area contributed by atoms with Crippen molar-refractivity contribution in [3.8, 4) is 0 Å². The molecule has 1 heterocycles. The second-order valence-corrected chi connectivity index (χ2v) is 7.48. The van der Waals surface area contributed by atoms with Crippen LogP contribution in [0.2, 0.25) is 0 Å². The number of rotatable bonds is 5. The third-order valence-electron chi connectivity index (χ3n) is 5.39. The van der Waals surface area contributed by atoms with Gasteiger partial charge in [-0.1, -0.05) is 24.3 Å². The number of halogens is 4. The summed E-state index contributed by atoms with van der Waals surface area (Å²) in [4.78, 5) is 6.94. The molecule has 0 spiro atoms. The van der Waals surface area contributed by atoms with Crippen molar-refractivity contribution in [2.45, 2.75) is 51.4 Å². The van der Waals surface area contributed by atoms with Crippen LogP contribution in [-0.2, 0) is 6.54 Å².